The van der Waals surface area contributed by atoms with Gasteiger partial charge in [-0.2, -0.15) is 0 Å². The zero-order valence-corrected chi connectivity index (χ0v) is 18.7. The van der Waals surface area contributed by atoms with Crippen LogP contribution in [0.2, 0.25) is 0 Å². The number of hydrogen-bond acceptors (Lipinski definition) is 7. The highest BCUT2D eigenvalue weighted by Gasteiger charge is 2.32. The Hall–Kier alpha value is -2.36. The second-order valence-electron chi connectivity index (χ2n) is 7.72. The van der Waals surface area contributed by atoms with E-state index in [1.807, 2.05) is 4.68 Å². The van der Waals surface area contributed by atoms with Crippen molar-refractivity contribution in [1.29, 1.82) is 0 Å². The molecule has 1 aromatic carbocycles. The minimum absolute atomic E-state index is 0.336. The largest absolute Gasteiger partial charge is 0.337 e. The molecular weight excluding hydrogens is 414 g/mol. The van der Waals surface area contributed by atoms with Crippen LogP contribution in [0.15, 0.2) is 41.8 Å². The summed E-state index contributed by atoms with van der Waals surface area (Å²) >= 11 is 3.55. The number of rotatable bonds is 7. The topological polar surface area (TPSA) is 64.2 Å². The van der Waals surface area contributed by atoms with E-state index >= 15 is 0 Å². The van der Waals surface area contributed by atoms with Gasteiger partial charge in [-0.1, -0.05) is 42.9 Å². The standard InChI is InChI=1S/C21H25N7S2/c1-2-6-18(20-23-24-25-28(20)15-16-7-5-14-29-16)26-10-12-27(13-11-26)21-22-17-8-3-4-9-19(17)30-21/h3-5,7-9,14,18H,2,6,10-13,15H2,1H3/p+1/t18-/m1/s1. The van der Waals surface area contributed by atoms with Gasteiger partial charge in [0.05, 0.1) is 42.9 Å². The van der Waals surface area contributed by atoms with Gasteiger partial charge in [0, 0.05) is 11.3 Å². The summed E-state index contributed by atoms with van der Waals surface area (Å²) in [5.41, 5.74) is 1.10. The first kappa shape index (κ1) is 19.6. The third-order valence-corrected chi connectivity index (χ3v) is 7.74. The quantitative estimate of drug-likeness (QED) is 0.479. The average Bonchev–Trinajstić information content (AvgIpc) is 3.53. The number of quaternary nitrogens is 1. The van der Waals surface area contributed by atoms with Crippen molar-refractivity contribution in [1.82, 2.24) is 25.2 Å². The molecule has 3 aromatic heterocycles. The molecule has 9 heteroatoms. The summed E-state index contributed by atoms with van der Waals surface area (Å²) in [5, 5.41) is 16.0. The number of tetrazole rings is 1. The molecule has 1 atom stereocenters. The van der Waals surface area contributed by atoms with Crippen molar-refractivity contribution in [3.63, 3.8) is 0 Å². The molecule has 0 bridgehead atoms. The highest BCUT2D eigenvalue weighted by molar-refractivity contribution is 7.22. The fourth-order valence-corrected chi connectivity index (χ4v) is 5.96. The summed E-state index contributed by atoms with van der Waals surface area (Å²) in [4.78, 5) is 10.2. The smallest absolute Gasteiger partial charge is 0.209 e. The van der Waals surface area contributed by atoms with Crippen molar-refractivity contribution < 1.29 is 4.90 Å². The van der Waals surface area contributed by atoms with E-state index < -0.39 is 0 Å². The van der Waals surface area contributed by atoms with E-state index in [0.29, 0.717) is 6.04 Å². The molecule has 5 rings (SSSR count). The number of piperazine rings is 1. The Labute approximate surface area is 184 Å². The van der Waals surface area contributed by atoms with Crippen molar-refractivity contribution in [3.8, 4) is 0 Å². The van der Waals surface area contributed by atoms with Crippen LogP contribution in [0.5, 0.6) is 0 Å². The van der Waals surface area contributed by atoms with E-state index in [2.05, 4.69) is 69.1 Å². The van der Waals surface area contributed by atoms with Crippen LogP contribution in [0.25, 0.3) is 10.2 Å². The molecule has 0 spiro atoms. The van der Waals surface area contributed by atoms with Crippen LogP contribution < -0.4 is 9.80 Å². The van der Waals surface area contributed by atoms with Crippen LogP contribution in [0.1, 0.15) is 36.5 Å². The van der Waals surface area contributed by atoms with Gasteiger partial charge in [0.2, 0.25) is 5.82 Å². The lowest BCUT2D eigenvalue weighted by Gasteiger charge is -2.35. The molecule has 4 heterocycles. The van der Waals surface area contributed by atoms with E-state index in [1.54, 1.807) is 27.6 Å². The number of aromatic nitrogens is 5. The molecule has 0 radical (unpaired) electrons. The van der Waals surface area contributed by atoms with E-state index in [1.165, 1.54) is 9.58 Å². The number of benzene rings is 1. The predicted octanol–water partition coefficient (Wildman–Crippen LogP) is 2.64. The second kappa shape index (κ2) is 8.79. The maximum absolute atomic E-state index is 4.85. The molecule has 0 unspecified atom stereocenters. The van der Waals surface area contributed by atoms with E-state index in [4.69, 9.17) is 4.98 Å². The molecule has 1 fully saturated rings. The molecule has 0 aliphatic carbocycles. The molecule has 7 nitrogen and oxygen atoms in total. The lowest BCUT2D eigenvalue weighted by Crippen LogP contribution is -3.15. The molecule has 0 amide bonds. The van der Waals surface area contributed by atoms with E-state index in [9.17, 15) is 0 Å². The highest BCUT2D eigenvalue weighted by atomic mass is 32.1. The predicted molar refractivity (Wildman–Crippen MR) is 121 cm³/mol. The van der Waals surface area contributed by atoms with Gasteiger partial charge in [-0.05, 0) is 34.0 Å². The number of hydrogen-bond donors (Lipinski definition) is 1. The number of anilines is 1. The first-order valence-corrected chi connectivity index (χ1v) is 12.2. The molecule has 1 saturated heterocycles. The maximum atomic E-state index is 4.85. The lowest BCUT2D eigenvalue weighted by molar-refractivity contribution is -0.933. The minimum atomic E-state index is 0.336. The van der Waals surface area contributed by atoms with Gasteiger partial charge >= 0.3 is 0 Å². The summed E-state index contributed by atoms with van der Waals surface area (Å²) in [7, 11) is 0. The Morgan fingerprint density at radius 3 is 2.77 bits per heavy atom. The number of fused-ring (bicyclic) bond motifs is 1. The summed E-state index contributed by atoms with van der Waals surface area (Å²) in [6, 6.07) is 13.0. The molecule has 1 aliphatic rings. The summed E-state index contributed by atoms with van der Waals surface area (Å²) in [5.74, 6) is 1.02. The zero-order valence-electron chi connectivity index (χ0n) is 17.1. The molecular formula is C21H26N7S2+. The third kappa shape index (κ3) is 3.97. The van der Waals surface area contributed by atoms with Crippen molar-refractivity contribution in [3.05, 3.63) is 52.5 Å². The van der Waals surface area contributed by atoms with Crippen LogP contribution in [-0.4, -0.2) is 51.4 Å². The van der Waals surface area contributed by atoms with Crippen molar-refractivity contribution in [2.45, 2.75) is 32.4 Å². The zero-order chi connectivity index (χ0) is 20.3. The fraction of sp³-hybridized carbons (Fsp3) is 0.429. The number of thiazole rings is 1. The number of para-hydroxylation sites is 1. The molecule has 1 aliphatic heterocycles. The van der Waals surface area contributed by atoms with Crippen LogP contribution in [0.4, 0.5) is 5.13 Å². The molecule has 0 saturated carbocycles. The van der Waals surface area contributed by atoms with E-state index in [-0.39, 0.29) is 0 Å². The molecule has 156 valence electrons. The van der Waals surface area contributed by atoms with Gasteiger partial charge in [-0.25, -0.2) is 9.67 Å². The van der Waals surface area contributed by atoms with Gasteiger partial charge in [-0.15, -0.1) is 16.4 Å². The molecule has 4 aromatic rings. The van der Waals surface area contributed by atoms with Crippen molar-refractivity contribution in [2.24, 2.45) is 0 Å². The second-order valence-corrected chi connectivity index (χ2v) is 9.77. The van der Waals surface area contributed by atoms with Gasteiger partial charge < -0.3 is 9.80 Å². The Balaban J connectivity index is 1.30. The van der Waals surface area contributed by atoms with E-state index in [0.717, 1.165) is 62.0 Å². The number of thiophene rings is 1. The minimum Gasteiger partial charge on any atom is -0.337 e. The van der Waals surface area contributed by atoms with Gasteiger partial charge in [0.15, 0.2) is 5.13 Å². The number of nitrogens with zero attached hydrogens (tertiary/aromatic N) is 6. The van der Waals surface area contributed by atoms with Crippen molar-refractivity contribution >= 4 is 38.0 Å². The number of nitrogens with one attached hydrogen (secondary N) is 1. The summed E-state index contributed by atoms with van der Waals surface area (Å²) in [6.07, 6.45) is 2.23. The molecule has 1 N–H and O–H groups in total. The van der Waals surface area contributed by atoms with Crippen LogP contribution in [0.3, 0.4) is 0 Å². The van der Waals surface area contributed by atoms with Gasteiger partial charge in [-0.3, -0.25) is 0 Å². The Morgan fingerprint density at radius 1 is 1.13 bits per heavy atom. The fourth-order valence-electron chi connectivity index (χ4n) is 4.26. The van der Waals surface area contributed by atoms with Gasteiger partial charge in [0.25, 0.3) is 0 Å². The lowest BCUT2D eigenvalue weighted by atomic mass is 10.1. The maximum Gasteiger partial charge on any atom is 0.209 e. The SMILES string of the molecule is CCC[C@H](c1nnnn1Cc1cccs1)[NH+]1CCN(c2nc3ccccc3s2)CC1. The third-order valence-electron chi connectivity index (χ3n) is 5.79. The van der Waals surface area contributed by atoms with Crippen LogP contribution >= 0.6 is 22.7 Å². The normalized spacial score (nSPS) is 16.4. The van der Waals surface area contributed by atoms with Crippen LogP contribution in [-0.2, 0) is 6.54 Å². The first-order chi connectivity index (χ1) is 14.8. The van der Waals surface area contributed by atoms with Gasteiger partial charge in [0.1, 0.15) is 6.04 Å². The monoisotopic (exact) mass is 440 g/mol. The highest BCUT2D eigenvalue weighted by Crippen LogP contribution is 2.28. The Bertz CT molecular complexity index is 1050. The van der Waals surface area contributed by atoms with Crippen molar-refractivity contribution in [2.75, 3.05) is 31.1 Å². The first-order valence-electron chi connectivity index (χ1n) is 10.6. The molecule has 30 heavy (non-hydrogen) atoms. The Kier molecular flexibility index (Phi) is 5.74. The summed E-state index contributed by atoms with van der Waals surface area (Å²) < 4.78 is 3.26. The Morgan fingerprint density at radius 2 is 2.00 bits per heavy atom. The summed E-state index contributed by atoms with van der Waals surface area (Å²) in [6.45, 7) is 7.19. The van der Waals surface area contributed by atoms with Crippen LogP contribution in [0, 0.1) is 0 Å². The average molecular weight is 441 g/mol.